The maximum Gasteiger partial charge on any atom is 0.278 e. The van der Waals surface area contributed by atoms with Crippen molar-refractivity contribution in [2.24, 2.45) is 0 Å². The Bertz CT molecular complexity index is 707. The number of hydrogen-bond acceptors (Lipinski definition) is 3. The summed E-state index contributed by atoms with van der Waals surface area (Å²) in [5.41, 5.74) is 0.845. The van der Waals surface area contributed by atoms with Gasteiger partial charge in [0.15, 0.2) is 11.5 Å². The first-order valence-electron chi connectivity index (χ1n) is 6.99. The van der Waals surface area contributed by atoms with Gasteiger partial charge in [-0.15, -0.1) is 0 Å². The van der Waals surface area contributed by atoms with E-state index in [9.17, 15) is 13.6 Å². The summed E-state index contributed by atoms with van der Waals surface area (Å²) in [6.45, 7) is 0. The summed E-state index contributed by atoms with van der Waals surface area (Å²) >= 11 is 3.04. The summed E-state index contributed by atoms with van der Waals surface area (Å²) in [7, 11) is 0. The standard InChI is InChI=1S/C15H13BrF2N2O2/c16-10-6-8(17)7-11(18)14(10)19-15(21)13-9-4-2-1-3-5-12(9)22-20-13/h6-7H,1-5H2,(H,19,21). The Hall–Kier alpha value is -1.76. The fraction of sp³-hybridized carbons (Fsp3) is 0.333. The van der Waals surface area contributed by atoms with Gasteiger partial charge in [0.2, 0.25) is 0 Å². The largest absolute Gasteiger partial charge is 0.360 e. The van der Waals surface area contributed by atoms with Gasteiger partial charge in [-0.25, -0.2) is 8.78 Å². The number of rotatable bonds is 2. The van der Waals surface area contributed by atoms with E-state index in [0.29, 0.717) is 12.5 Å². The Morgan fingerprint density at radius 2 is 2.00 bits per heavy atom. The van der Waals surface area contributed by atoms with E-state index in [0.717, 1.165) is 43.1 Å². The molecule has 1 N–H and O–H groups in total. The van der Waals surface area contributed by atoms with E-state index in [-0.39, 0.29) is 15.9 Å². The van der Waals surface area contributed by atoms with Crippen LogP contribution in [0.1, 0.15) is 41.1 Å². The third-order valence-corrected chi connectivity index (χ3v) is 4.29. The fourth-order valence-corrected chi connectivity index (χ4v) is 3.08. The van der Waals surface area contributed by atoms with Gasteiger partial charge in [-0.05, 0) is 41.3 Å². The molecule has 3 rings (SSSR count). The zero-order valence-electron chi connectivity index (χ0n) is 11.6. The molecule has 0 spiro atoms. The van der Waals surface area contributed by atoms with E-state index < -0.39 is 17.5 Å². The average Bonchev–Trinajstić information content (AvgIpc) is 2.71. The van der Waals surface area contributed by atoms with Crippen LogP contribution in [0.15, 0.2) is 21.1 Å². The number of hydrogen-bond donors (Lipinski definition) is 1. The van der Waals surface area contributed by atoms with Gasteiger partial charge in [-0.2, -0.15) is 0 Å². The third-order valence-electron chi connectivity index (χ3n) is 3.66. The molecule has 1 aliphatic carbocycles. The predicted molar refractivity (Wildman–Crippen MR) is 79.8 cm³/mol. The van der Waals surface area contributed by atoms with Gasteiger partial charge in [0.25, 0.3) is 5.91 Å². The Labute approximate surface area is 134 Å². The summed E-state index contributed by atoms with van der Waals surface area (Å²) in [5, 5.41) is 6.24. The van der Waals surface area contributed by atoms with Gasteiger partial charge in [-0.1, -0.05) is 11.6 Å². The molecule has 22 heavy (non-hydrogen) atoms. The summed E-state index contributed by atoms with van der Waals surface area (Å²) < 4.78 is 32.2. The molecular formula is C15H13BrF2N2O2. The minimum absolute atomic E-state index is 0.114. The fourth-order valence-electron chi connectivity index (χ4n) is 2.57. The molecule has 7 heteroatoms. The number of halogens is 3. The zero-order valence-corrected chi connectivity index (χ0v) is 13.2. The first kappa shape index (κ1) is 15.1. The molecule has 2 aromatic rings. The van der Waals surface area contributed by atoms with Crippen LogP contribution < -0.4 is 5.32 Å². The van der Waals surface area contributed by atoms with Crippen LogP contribution in [0.3, 0.4) is 0 Å². The second-order valence-corrected chi connectivity index (χ2v) is 6.05. The number of benzene rings is 1. The number of fused-ring (bicyclic) bond motifs is 1. The predicted octanol–water partition coefficient (Wildman–Crippen LogP) is 4.24. The lowest BCUT2D eigenvalue weighted by Crippen LogP contribution is -2.16. The summed E-state index contributed by atoms with van der Waals surface area (Å²) in [6.07, 6.45) is 4.51. The van der Waals surface area contributed by atoms with E-state index in [4.69, 9.17) is 4.52 Å². The Morgan fingerprint density at radius 3 is 2.77 bits per heavy atom. The first-order valence-corrected chi connectivity index (χ1v) is 7.79. The SMILES string of the molecule is O=C(Nc1c(F)cc(F)cc1Br)c1noc2c1CCCCC2. The highest BCUT2D eigenvalue weighted by Gasteiger charge is 2.24. The van der Waals surface area contributed by atoms with Crippen LogP contribution in [0, 0.1) is 11.6 Å². The Morgan fingerprint density at radius 1 is 1.23 bits per heavy atom. The molecule has 0 saturated heterocycles. The highest BCUT2D eigenvalue weighted by atomic mass is 79.9. The molecule has 0 fully saturated rings. The lowest BCUT2D eigenvalue weighted by Gasteiger charge is -2.08. The lowest BCUT2D eigenvalue weighted by molar-refractivity contribution is 0.101. The summed E-state index contributed by atoms with van der Waals surface area (Å²) in [6, 6.07) is 1.80. The number of nitrogens with one attached hydrogen (secondary N) is 1. The molecule has 0 atom stereocenters. The molecule has 1 aromatic carbocycles. The van der Waals surface area contributed by atoms with E-state index in [1.54, 1.807) is 0 Å². The van der Waals surface area contributed by atoms with Crippen molar-refractivity contribution < 1.29 is 18.1 Å². The van der Waals surface area contributed by atoms with Crippen molar-refractivity contribution in [1.29, 1.82) is 0 Å². The van der Waals surface area contributed by atoms with Crippen LogP contribution in [0.4, 0.5) is 14.5 Å². The van der Waals surface area contributed by atoms with Gasteiger partial charge in [0.05, 0.1) is 5.69 Å². The minimum atomic E-state index is -0.852. The molecule has 116 valence electrons. The van der Waals surface area contributed by atoms with Crippen molar-refractivity contribution in [2.75, 3.05) is 5.32 Å². The Balaban J connectivity index is 1.88. The van der Waals surface area contributed by atoms with Crippen LogP contribution in [-0.2, 0) is 12.8 Å². The quantitative estimate of drug-likeness (QED) is 0.804. The van der Waals surface area contributed by atoms with Crippen molar-refractivity contribution >= 4 is 27.5 Å². The number of carbonyl (C=O) groups is 1. The maximum atomic E-state index is 13.8. The van der Waals surface area contributed by atoms with Crippen molar-refractivity contribution in [3.05, 3.63) is 45.3 Å². The monoisotopic (exact) mass is 370 g/mol. The van der Waals surface area contributed by atoms with Gasteiger partial charge < -0.3 is 9.84 Å². The lowest BCUT2D eigenvalue weighted by atomic mass is 10.1. The van der Waals surface area contributed by atoms with Crippen LogP contribution in [0.2, 0.25) is 0 Å². The molecule has 0 bridgehead atoms. The number of anilines is 1. The molecule has 0 radical (unpaired) electrons. The van der Waals surface area contributed by atoms with Crippen molar-refractivity contribution in [2.45, 2.75) is 32.1 Å². The topological polar surface area (TPSA) is 55.1 Å². The maximum absolute atomic E-state index is 13.8. The van der Waals surface area contributed by atoms with Crippen molar-refractivity contribution in [3.8, 4) is 0 Å². The molecule has 0 saturated carbocycles. The third kappa shape index (κ3) is 2.90. The second kappa shape index (κ2) is 6.16. The summed E-state index contributed by atoms with van der Waals surface area (Å²) in [5.74, 6) is -1.41. The molecule has 1 heterocycles. The highest BCUT2D eigenvalue weighted by molar-refractivity contribution is 9.10. The molecular weight excluding hydrogens is 358 g/mol. The van der Waals surface area contributed by atoms with Gasteiger partial charge in [0, 0.05) is 22.5 Å². The molecule has 1 aliphatic rings. The number of aryl methyl sites for hydroxylation is 1. The van der Waals surface area contributed by atoms with Crippen molar-refractivity contribution in [1.82, 2.24) is 5.16 Å². The molecule has 0 unspecified atom stereocenters. The van der Waals surface area contributed by atoms with Gasteiger partial charge in [0.1, 0.15) is 11.6 Å². The molecule has 1 aromatic heterocycles. The normalized spacial score (nSPS) is 14.3. The molecule has 0 aliphatic heterocycles. The van der Waals surface area contributed by atoms with Crippen molar-refractivity contribution in [3.63, 3.8) is 0 Å². The average molecular weight is 371 g/mol. The number of amides is 1. The smallest absolute Gasteiger partial charge is 0.278 e. The number of carbonyl (C=O) groups excluding carboxylic acids is 1. The van der Waals surface area contributed by atoms with E-state index in [1.165, 1.54) is 0 Å². The van der Waals surface area contributed by atoms with Crippen LogP contribution in [0.5, 0.6) is 0 Å². The Kier molecular flexibility index (Phi) is 4.24. The second-order valence-electron chi connectivity index (χ2n) is 5.19. The van der Waals surface area contributed by atoms with Crippen LogP contribution in [-0.4, -0.2) is 11.1 Å². The van der Waals surface area contributed by atoms with E-state index in [2.05, 4.69) is 26.4 Å². The molecule has 4 nitrogen and oxygen atoms in total. The zero-order chi connectivity index (χ0) is 15.7. The van der Waals surface area contributed by atoms with Gasteiger partial charge in [-0.3, -0.25) is 4.79 Å². The first-order chi connectivity index (χ1) is 10.6. The van der Waals surface area contributed by atoms with Crippen LogP contribution >= 0.6 is 15.9 Å². The van der Waals surface area contributed by atoms with Crippen LogP contribution in [0.25, 0.3) is 0 Å². The number of nitrogens with zero attached hydrogens (tertiary/aromatic N) is 1. The number of aromatic nitrogens is 1. The van der Waals surface area contributed by atoms with E-state index >= 15 is 0 Å². The minimum Gasteiger partial charge on any atom is -0.360 e. The summed E-state index contributed by atoms with van der Waals surface area (Å²) in [4.78, 5) is 12.3. The van der Waals surface area contributed by atoms with Gasteiger partial charge >= 0.3 is 0 Å². The van der Waals surface area contributed by atoms with E-state index in [1.807, 2.05) is 0 Å². The molecule has 1 amide bonds. The highest BCUT2D eigenvalue weighted by Crippen LogP contribution is 2.29.